The number of hydrogen-bond donors (Lipinski definition) is 1. The fourth-order valence-corrected chi connectivity index (χ4v) is 3.68. The minimum atomic E-state index is -3.55. The van der Waals surface area contributed by atoms with E-state index in [0.717, 1.165) is 28.1 Å². The van der Waals surface area contributed by atoms with E-state index in [1.807, 2.05) is 60.7 Å². The summed E-state index contributed by atoms with van der Waals surface area (Å²) in [6.07, 6.45) is 2.21. The first-order valence-electron chi connectivity index (χ1n) is 11.1. The van der Waals surface area contributed by atoms with Crippen molar-refractivity contribution in [1.29, 1.82) is 0 Å². The highest BCUT2D eigenvalue weighted by atomic mass is 32.2. The van der Waals surface area contributed by atoms with E-state index in [9.17, 15) is 18.0 Å². The molecule has 2 rings (SSSR count). The molecule has 2 aromatic rings. The van der Waals surface area contributed by atoms with Gasteiger partial charge in [0.1, 0.15) is 6.04 Å². The van der Waals surface area contributed by atoms with Crippen LogP contribution in [0.3, 0.4) is 0 Å². The summed E-state index contributed by atoms with van der Waals surface area (Å²) in [6.45, 7) is 4.54. The summed E-state index contributed by atoms with van der Waals surface area (Å²) in [7, 11) is -2.18. The molecule has 180 valence electrons. The number of amides is 2. The van der Waals surface area contributed by atoms with E-state index >= 15 is 0 Å². The van der Waals surface area contributed by atoms with Gasteiger partial charge in [0.25, 0.3) is 0 Å². The average molecular weight is 474 g/mol. The Morgan fingerprint density at radius 3 is 2.00 bits per heavy atom. The van der Waals surface area contributed by atoms with Gasteiger partial charge in [-0.2, -0.15) is 4.31 Å². The van der Waals surface area contributed by atoms with Gasteiger partial charge in [-0.15, -0.1) is 0 Å². The molecule has 8 heteroatoms. The quantitative estimate of drug-likeness (QED) is 0.514. The highest BCUT2D eigenvalue weighted by molar-refractivity contribution is 7.88. The lowest BCUT2D eigenvalue weighted by atomic mass is 10.0. The van der Waals surface area contributed by atoms with Gasteiger partial charge >= 0.3 is 0 Å². The largest absolute Gasteiger partial charge is 0.354 e. The summed E-state index contributed by atoms with van der Waals surface area (Å²) in [5.74, 6) is -0.235. The summed E-state index contributed by atoms with van der Waals surface area (Å²) in [4.78, 5) is 28.2. The number of benzene rings is 2. The molecular formula is C25H35N3O4S. The highest BCUT2D eigenvalue weighted by Gasteiger charge is 2.31. The number of nitrogens with zero attached hydrogens (tertiary/aromatic N) is 2. The lowest BCUT2D eigenvalue weighted by molar-refractivity contribution is -0.141. The Bertz CT molecular complexity index is 995. The summed E-state index contributed by atoms with van der Waals surface area (Å²) in [5, 5.41) is 2.97. The van der Waals surface area contributed by atoms with Crippen molar-refractivity contribution in [3.8, 4) is 0 Å². The molecule has 0 unspecified atom stereocenters. The molecule has 1 N–H and O–H groups in total. The molecule has 7 nitrogen and oxygen atoms in total. The van der Waals surface area contributed by atoms with Gasteiger partial charge in [0.2, 0.25) is 21.8 Å². The van der Waals surface area contributed by atoms with Crippen LogP contribution in [0.4, 0.5) is 0 Å². The number of sulfonamides is 1. The number of carbonyl (C=O) groups is 2. The van der Waals surface area contributed by atoms with Gasteiger partial charge in [0.15, 0.2) is 0 Å². The summed E-state index contributed by atoms with van der Waals surface area (Å²) in [6, 6.07) is 18.1. The van der Waals surface area contributed by atoms with Crippen LogP contribution in [0.15, 0.2) is 60.7 Å². The molecule has 0 fully saturated rings. The minimum Gasteiger partial charge on any atom is -0.354 e. The van der Waals surface area contributed by atoms with Crippen LogP contribution in [-0.2, 0) is 32.6 Å². The molecule has 0 aromatic heterocycles. The fraction of sp³-hybridized carbons (Fsp3) is 0.440. The molecule has 0 saturated carbocycles. The smallest absolute Gasteiger partial charge is 0.243 e. The maximum atomic E-state index is 13.4. The van der Waals surface area contributed by atoms with Crippen LogP contribution in [-0.4, -0.2) is 61.9 Å². The Hall–Kier alpha value is -2.71. The normalized spacial score (nSPS) is 12.5. The lowest BCUT2D eigenvalue weighted by Crippen LogP contribution is -2.53. The minimum absolute atomic E-state index is 0.201. The molecule has 2 aromatic carbocycles. The predicted molar refractivity (Wildman–Crippen MR) is 131 cm³/mol. The standard InChI is InChI=1S/C25H35N3O4S/c1-20(2)15-16-26-25(30)23(17-21-11-7-5-8-12-21)28(18-22-13-9-6-10-14-22)24(29)19-27(3)33(4,31)32/h5-14,20,23H,15-19H2,1-4H3,(H,26,30)/t23-/m1/s1. The van der Waals surface area contributed by atoms with Crippen molar-refractivity contribution in [3.05, 3.63) is 71.8 Å². The molecule has 0 bridgehead atoms. The van der Waals surface area contributed by atoms with Crippen molar-refractivity contribution in [2.75, 3.05) is 26.4 Å². The van der Waals surface area contributed by atoms with E-state index in [4.69, 9.17) is 0 Å². The zero-order chi connectivity index (χ0) is 24.4. The maximum Gasteiger partial charge on any atom is 0.243 e. The first-order valence-corrected chi connectivity index (χ1v) is 13.0. The van der Waals surface area contributed by atoms with Crippen LogP contribution < -0.4 is 5.32 Å². The molecule has 0 aliphatic rings. The van der Waals surface area contributed by atoms with Crippen LogP contribution in [0, 0.1) is 5.92 Å². The topological polar surface area (TPSA) is 86.8 Å². The summed E-state index contributed by atoms with van der Waals surface area (Å²) >= 11 is 0. The Morgan fingerprint density at radius 2 is 1.48 bits per heavy atom. The molecule has 1 atom stereocenters. The van der Waals surface area contributed by atoms with Gasteiger partial charge < -0.3 is 10.2 Å². The number of rotatable bonds is 12. The molecular weight excluding hydrogens is 438 g/mol. The average Bonchev–Trinajstić information content (AvgIpc) is 2.76. The Balaban J connectivity index is 2.38. The third-order valence-electron chi connectivity index (χ3n) is 5.41. The number of carbonyl (C=O) groups excluding carboxylic acids is 2. The molecule has 0 aliphatic heterocycles. The van der Waals surface area contributed by atoms with Crippen molar-refractivity contribution in [3.63, 3.8) is 0 Å². The van der Waals surface area contributed by atoms with Gasteiger partial charge in [0, 0.05) is 26.6 Å². The van der Waals surface area contributed by atoms with E-state index in [1.165, 1.54) is 11.9 Å². The molecule has 0 aliphatic carbocycles. The Labute approximate surface area is 197 Å². The van der Waals surface area contributed by atoms with Gasteiger partial charge in [-0.05, 0) is 23.5 Å². The summed E-state index contributed by atoms with van der Waals surface area (Å²) < 4.78 is 24.9. The van der Waals surface area contributed by atoms with Crippen molar-refractivity contribution in [2.24, 2.45) is 5.92 Å². The first-order chi connectivity index (χ1) is 15.6. The maximum absolute atomic E-state index is 13.4. The zero-order valence-corrected chi connectivity index (χ0v) is 20.7. The van der Waals surface area contributed by atoms with E-state index in [2.05, 4.69) is 19.2 Å². The van der Waals surface area contributed by atoms with Crippen LogP contribution in [0.1, 0.15) is 31.4 Å². The fourth-order valence-electron chi connectivity index (χ4n) is 3.33. The third-order valence-corrected chi connectivity index (χ3v) is 6.67. The van der Waals surface area contributed by atoms with Crippen molar-refractivity contribution in [2.45, 2.75) is 39.3 Å². The first kappa shape index (κ1) is 26.5. The van der Waals surface area contributed by atoms with Crippen molar-refractivity contribution < 1.29 is 18.0 Å². The van der Waals surface area contributed by atoms with Gasteiger partial charge in [0.05, 0.1) is 12.8 Å². The monoisotopic (exact) mass is 473 g/mol. The number of nitrogens with one attached hydrogen (secondary N) is 1. The van der Waals surface area contributed by atoms with Crippen LogP contribution in [0.25, 0.3) is 0 Å². The Kier molecular flexibility index (Phi) is 10.1. The lowest BCUT2D eigenvalue weighted by Gasteiger charge is -2.32. The van der Waals surface area contributed by atoms with Gasteiger partial charge in [-0.25, -0.2) is 8.42 Å². The third kappa shape index (κ3) is 8.98. The van der Waals surface area contributed by atoms with Gasteiger partial charge in [-0.3, -0.25) is 9.59 Å². The molecule has 0 spiro atoms. The summed E-state index contributed by atoms with van der Waals surface area (Å²) in [5.41, 5.74) is 1.78. The van der Waals surface area contributed by atoms with Crippen LogP contribution in [0.5, 0.6) is 0 Å². The molecule has 0 heterocycles. The second-order valence-electron chi connectivity index (χ2n) is 8.71. The Morgan fingerprint density at radius 1 is 0.939 bits per heavy atom. The van der Waals surface area contributed by atoms with E-state index in [-0.39, 0.29) is 19.0 Å². The molecule has 33 heavy (non-hydrogen) atoms. The molecule has 2 amide bonds. The van der Waals surface area contributed by atoms with E-state index in [0.29, 0.717) is 18.9 Å². The van der Waals surface area contributed by atoms with E-state index < -0.39 is 22.0 Å². The van der Waals surface area contributed by atoms with Crippen molar-refractivity contribution in [1.82, 2.24) is 14.5 Å². The van der Waals surface area contributed by atoms with Crippen molar-refractivity contribution >= 4 is 21.8 Å². The van der Waals surface area contributed by atoms with Crippen LogP contribution in [0.2, 0.25) is 0 Å². The molecule has 0 saturated heterocycles. The van der Waals surface area contributed by atoms with Crippen LogP contribution >= 0.6 is 0 Å². The second-order valence-corrected chi connectivity index (χ2v) is 10.8. The predicted octanol–water partition coefficient (Wildman–Crippen LogP) is 2.68. The SMILES string of the molecule is CC(C)CCNC(=O)[C@@H](Cc1ccccc1)N(Cc1ccccc1)C(=O)CN(C)S(C)(=O)=O. The zero-order valence-electron chi connectivity index (χ0n) is 19.9. The molecule has 0 radical (unpaired) electrons. The highest BCUT2D eigenvalue weighted by Crippen LogP contribution is 2.15. The number of hydrogen-bond acceptors (Lipinski definition) is 4. The second kappa shape index (κ2) is 12.5. The van der Waals surface area contributed by atoms with Gasteiger partial charge in [-0.1, -0.05) is 74.5 Å². The van der Waals surface area contributed by atoms with E-state index in [1.54, 1.807) is 0 Å². The number of likely N-dealkylation sites (N-methyl/N-ethyl adjacent to an activating group) is 1.